The lowest BCUT2D eigenvalue weighted by molar-refractivity contribution is -0.133. The Bertz CT molecular complexity index is 791. The first-order chi connectivity index (χ1) is 11.4. The van der Waals surface area contributed by atoms with Gasteiger partial charge in [0, 0.05) is 0 Å². The van der Waals surface area contributed by atoms with E-state index in [0.717, 1.165) is 12.0 Å². The van der Waals surface area contributed by atoms with Crippen molar-refractivity contribution in [2.24, 2.45) is 16.3 Å². The zero-order chi connectivity index (χ0) is 17.6. The first-order valence-corrected chi connectivity index (χ1v) is 7.29. The Hall–Kier alpha value is -2.52. The van der Waals surface area contributed by atoms with Crippen LogP contribution in [0.15, 0.2) is 28.6 Å². The summed E-state index contributed by atoms with van der Waals surface area (Å²) >= 11 is 12.1. The van der Waals surface area contributed by atoms with Crippen LogP contribution in [0, 0.1) is 10.8 Å². The average molecular weight is 371 g/mol. The van der Waals surface area contributed by atoms with E-state index in [2.05, 4.69) is 15.1 Å². The van der Waals surface area contributed by atoms with Crippen LogP contribution < -0.4 is 4.90 Å². The number of rotatable bonds is 3. The second-order valence-corrected chi connectivity index (χ2v) is 5.70. The molecule has 1 aromatic carbocycles. The van der Waals surface area contributed by atoms with Gasteiger partial charge in [-0.1, -0.05) is 29.3 Å². The highest BCUT2D eigenvalue weighted by Crippen LogP contribution is 2.41. The summed E-state index contributed by atoms with van der Waals surface area (Å²) in [4.78, 5) is 48.8. The second-order valence-electron chi connectivity index (χ2n) is 4.88. The van der Waals surface area contributed by atoms with Gasteiger partial charge < -0.3 is 4.74 Å². The number of benzene rings is 1. The molecule has 11 heteroatoms. The lowest BCUT2D eigenvalue weighted by atomic mass is 9.98. The number of fused-ring (bicyclic) bond motifs is 1. The number of imide groups is 1. The van der Waals surface area contributed by atoms with Gasteiger partial charge in [0.15, 0.2) is 11.8 Å². The topological polar surface area (TPSA) is 109 Å². The van der Waals surface area contributed by atoms with Crippen LogP contribution in [0.4, 0.5) is 5.69 Å². The van der Waals surface area contributed by atoms with E-state index < -0.39 is 29.7 Å². The molecule has 2 atom stereocenters. The van der Waals surface area contributed by atoms with Crippen molar-refractivity contribution in [3.05, 3.63) is 33.2 Å². The monoisotopic (exact) mass is 370 g/mol. The Kier molecular flexibility index (Phi) is 3.98. The van der Waals surface area contributed by atoms with E-state index in [1.54, 1.807) is 6.07 Å². The van der Waals surface area contributed by atoms with Crippen LogP contribution in [0.1, 0.15) is 0 Å². The van der Waals surface area contributed by atoms with E-state index in [-0.39, 0.29) is 21.4 Å². The Morgan fingerprint density at radius 2 is 1.88 bits per heavy atom. The molecular weight excluding hydrogens is 363 g/mol. The summed E-state index contributed by atoms with van der Waals surface area (Å²) in [6, 6.07) is 3.06. The number of hydrogen-bond acceptors (Lipinski definition) is 7. The van der Waals surface area contributed by atoms with Crippen LogP contribution in [0.2, 0.25) is 10.0 Å². The van der Waals surface area contributed by atoms with Gasteiger partial charge in [-0.05, 0) is 12.1 Å². The summed E-state index contributed by atoms with van der Waals surface area (Å²) in [5.41, 5.74) is -0.411. The molecule has 1 fully saturated rings. The Morgan fingerprint density at radius 3 is 2.42 bits per heavy atom. The lowest BCUT2D eigenvalue weighted by Crippen LogP contribution is -2.37. The van der Waals surface area contributed by atoms with Crippen molar-refractivity contribution >= 4 is 52.4 Å². The van der Waals surface area contributed by atoms with Crippen LogP contribution in [0.3, 0.4) is 0 Å². The summed E-state index contributed by atoms with van der Waals surface area (Å²) < 4.78 is 4.53. The molecule has 1 aromatic rings. The molecule has 9 nitrogen and oxygen atoms in total. The van der Waals surface area contributed by atoms with E-state index in [1.165, 1.54) is 12.1 Å². The molecule has 0 bridgehead atoms. The third kappa shape index (κ3) is 2.16. The standard InChI is InChI=1S/C13H8Cl2N4O5/c1-24-13(22)8-7-10(19(16-8)17-23)12(21)18(11(7)20)9-5(14)3-2-4-6(9)15/h2-4,7,10H,1H3/t7-,10+/m0/s1. The number of hydrogen-bond donors (Lipinski definition) is 0. The van der Waals surface area contributed by atoms with Crippen molar-refractivity contribution < 1.29 is 19.1 Å². The molecule has 0 radical (unpaired) electrons. The number of hydrazone groups is 1. The minimum Gasteiger partial charge on any atom is -0.464 e. The molecule has 0 N–H and O–H groups in total. The van der Waals surface area contributed by atoms with Gasteiger partial charge in [-0.25, -0.2) is 9.69 Å². The predicted octanol–water partition coefficient (Wildman–Crippen LogP) is 1.38. The third-order valence-corrected chi connectivity index (χ3v) is 4.28. The third-order valence-electron chi connectivity index (χ3n) is 3.67. The lowest BCUT2D eigenvalue weighted by Gasteiger charge is -2.19. The smallest absolute Gasteiger partial charge is 0.355 e. The number of carbonyl (C=O) groups excluding carboxylic acids is 3. The fraction of sp³-hybridized carbons (Fsp3) is 0.231. The molecule has 0 aliphatic carbocycles. The summed E-state index contributed by atoms with van der Waals surface area (Å²) in [5.74, 6) is -3.88. The van der Waals surface area contributed by atoms with Crippen LogP contribution in [0.5, 0.6) is 0 Å². The highest BCUT2D eigenvalue weighted by molar-refractivity contribution is 6.48. The summed E-state index contributed by atoms with van der Waals surface area (Å²) in [6.45, 7) is 0. The maximum absolute atomic E-state index is 12.7. The average Bonchev–Trinajstić information content (AvgIpc) is 3.06. The molecule has 0 spiro atoms. The highest BCUT2D eigenvalue weighted by Gasteiger charge is 2.60. The minimum atomic E-state index is -1.38. The van der Waals surface area contributed by atoms with E-state index in [0.29, 0.717) is 5.12 Å². The normalized spacial score (nSPS) is 22.5. The molecule has 2 heterocycles. The number of para-hydroxylation sites is 1. The van der Waals surface area contributed by atoms with Crippen LogP contribution in [0.25, 0.3) is 0 Å². The van der Waals surface area contributed by atoms with Gasteiger partial charge >= 0.3 is 5.97 Å². The molecule has 2 amide bonds. The predicted molar refractivity (Wildman–Crippen MR) is 83.3 cm³/mol. The van der Waals surface area contributed by atoms with Crippen LogP contribution in [-0.4, -0.2) is 41.8 Å². The molecule has 1 saturated heterocycles. The van der Waals surface area contributed by atoms with Crippen molar-refractivity contribution in [2.75, 3.05) is 12.0 Å². The van der Waals surface area contributed by atoms with E-state index in [4.69, 9.17) is 23.2 Å². The second kappa shape index (κ2) is 5.84. The fourth-order valence-electron chi connectivity index (χ4n) is 2.66. The molecule has 124 valence electrons. The Morgan fingerprint density at radius 1 is 1.25 bits per heavy atom. The summed E-state index contributed by atoms with van der Waals surface area (Å²) in [6.07, 6.45) is 0. The zero-order valence-corrected chi connectivity index (χ0v) is 13.5. The van der Waals surface area contributed by atoms with Gasteiger partial charge in [-0.3, -0.25) is 9.59 Å². The summed E-state index contributed by atoms with van der Waals surface area (Å²) in [5, 5.41) is 6.77. The maximum atomic E-state index is 12.7. The SMILES string of the molecule is COC(=O)C1=NN(N=O)[C@H]2C(=O)N(c3c(Cl)cccc3Cl)C(=O)[C@@H]12. The van der Waals surface area contributed by atoms with Crippen molar-refractivity contribution in [1.29, 1.82) is 0 Å². The fourth-order valence-corrected chi connectivity index (χ4v) is 3.22. The number of anilines is 1. The molecule has 0 unspecified atom stereocenters. The van der Waals surface area contributed by atoms with Crippen molar-refractivity contribution in [3.8, 4) is 0 Å². The van der Waals surface area contributed by atoms with Gasteiger partial charge in [-0.2, -0.15) is 0 Å². The number of esters is 1. The zero-order valence-electron chi connectivity index (χ0n) is 12.0. The van der Waals surface area contributed by atoms with Gasteiger partial charge in [0.1, 0.15) is 5.92 Å². The molecule has 2 aliphatic heterocycles. The Balaban J connectivity index is 2.11. The summed E-state index contributed by atoms with van der Waals surface area (Å²) in [7, 11) is 1.08. The first-order valence-electron chi connectivity index (χ1n) is 6.53. The Labute approximate surface area is 144 Å². The van der Waals surface area contributed by atoms with E-state index in [1.807, 2.05) is 0 Å². The quantitative estimate of drug-likeness (QED) is 0.451. The number of carbonyl (C=O) groups is 3. The van der Waals surface area contributed by atoms with Crippen molar-refractivity contribution in [2.45, 2.75) is 6.04 Å². The highest BCUT2D eigenvalue weighted by atomic mass is 35.5. The molecule has 0 aromatic heterocycles. The largest absolute Gasteiger partial charge is 0.464 e. The molecule has 24 heavy (non-hydrogen) atoms. The van der Waals surface area contributed by atoms with E-state index >= 15 is 0 Å². The van der Waals surface area contributed by atoms with Crippen molar-refractivity contribution in [3.63, 3.8) is 0 Å². The number of halogens is 2. The minimum absolute atomic E-state index is 0.0275. The van der Waals surface area contributed by atoms with Gasteiger partial charge in [-0.15, -0.1) is 15.1 Å². The number of ether oxygens (including phenoxy) is 1. The molecule has 3 rings (SSSR count). The molecular formula is C13H8Cl2N4O5. The maximum Gasteiger partial charge on any atom is 0.355 e. The van der Waals surface area contributed by atoms with E-state index in [9.17, 15) is 19.3 Å². The van der Waals surface area contributed by atoms with Gasteiger partial charge in [0.05, 0.1) is 28.1 Å². The van der Waals surface area contributed by atoms with Gasteiger partial charge in [0.25, 0.3) is 5.91 Å². The van der Waals surface area contributed by atoms with Crippen LogP contribution >= 0.6 is 23.2 Å². The van der Waals surface area contributed by atoms with Crippen molar-refractivity contribution in [1.82, 2.24) is 5.12 Å². The number of amides is 2. The molecule has 0 saturated carbocycles. The van der Waals surface area contributed by atoms with Crippen LogP contribution in [-0.2, 0) is 19.1 Å². The molecule has 2 aliphatic rings. The number of nitrogens with zero attached hydrogens (tertiary/aromatic N) is 4. The number of methoxy groups -OCH3 is 1. The van der Waals surface area contributed by atoms with Gasteiger partial charge in [0.2, 0.25) is 5.91 Å². The first kappa shape index (κ1) is 16.3. The number of nitroso groups, excluding NO2 is 1.